The third kappa shape index (κ3) is 4.83. The molecule has 0 aliphatic heterocycles. The Morgan fingerprint density at radius 1 is 1.12 bits per heavy atom. The van der Waals surface area contributed by atoms with Crippen LogP contribution in [0.4, 0.5) is 5.69 Å². The molecule has 0 fully saturated rings. The molecule has 1 atom stereocenters. The first-order valence-corrected chi connectivity index (χ1v) is 8.86. The number of para-hydroxylation sites is 1. The zero-order valence-corrected chi connectivity index (χ0v) is 15.5. The first-order chi connectivity index (χ1) is 12.0. The Morgan fingerprint density at radius 3 is 2.28 bits per heavy atom. The number of nitrogens with one attached hydrogen (secondary N) is 1. The Morgan fingerprint density at radius 2 is 1.72 bits per heavy atom. The number of aromatic hydroxyl groups is 1. The molecule has 134 valence electrons. The number of anilines is 1. The van der Waals surface area contributed by atoms with Crippen LogP contribution in [0, 0.1) is 0 Å². The molecule has 0 saturated heterocycles. The summed E-state index contributed by atoms with van der Waals surface area (Å²) in [4.78, 5) is 14.5. The molecule has 2 rings (SSSR count). The van der Waals surface area contributed by atoms with Crippen molar-refractivity contribution in [3.05, 3.63) is 59.2 Å². The molecule has 0 radical (unpaired) electrons. The maximum absolute atomic E-state index is 12.6. The Bertz CT molecular complexity index is 705. The number of benzene rings is 2. The third-order valence-corrected chi connectivity index (χ3v) is 4.67. The fourth-order valence-electron chi connectivity index (χ4n) is 2.98. The molecule has 2 aromatic carbocycles. The molecule has 0 bridgehead atoms. The van der Waals surface area contributed by atoms with Crippen LogP contribution in [-0.2, 0) is 17.6 Å². The maximum atomic E-state index is 12.6. The lowest BCUT2D eigenvalue weighted by atomic mass is 10.0. The molecule has 1 amide bonds. The molecule has 2 aromatic rings. The van der Waals surface area contributed by atoms with E-state index in [4.69, 9.17) is 0 Å². The molecule has 2 N–H and O–H groups in total. The monoisotopic (exact) mass is 340 g/mol. The molecular formula is C21H28N2O2. The van der Waals surface area contributed by atoms with E-state index in [1.807, 2.05) is 37.1 Å². The average Bonchev–Trinajstić information content (AvgIpc) is 2.61. The Labute approximate surface area is 150 Å². The molecule has 0 heterocycles. The first kappa shape index (κ1) is 19.0. The molecule has 4 heteroatoms. The van der Waals surface area contributed by atoms with Gasteiger partial charge in [0.15, 0.2) is 0 Å². The van der Waals surface area contributed by atoms with Gasteiger partial charge < -0.3 is 10.4 Å². The van der Waals surface area contributed by atoms with Crippen molar-refractivity contribution < 1.29 is 9.90 Å². The van der Waals surface area contributed by atoms with Gasteiger partial charge in [-0.1, -0.05) is 44.2 Å². The van der Waals surface area contributed by atoms with Gasteiger partial charge in [-0.25, -0.2) is 0 Å². The van der Waals surface area contributed by atoms with E-state index >= 15 is 0 Å². The molecule has 0 aromatic heterocycles. The van der Waals surface area contributed by atoms with E-state index in [1.54, 1.807) is 12.1 Å². The number of phenols is 1. The van der Waals surface area contributed by atoms with Crippen molar-refractivity contribution in [3.63, 3.8) is 0 Å². The van der Waals surface area contributed by atoms with E-state index in [0.29, 0.717) is 0 Å². The highest BCUT2D eigenvalue weighted by Gasteiger charge is 2.17. The van der Waals surface area contributed by atoms with Crippen molar-refractivity contribution in [1.82, 2.24) is 4.90 Å². The number of hydrogen-bond acceptors (Lipinski definition) is 3. The largest absolute Gasteiger partial charge is 0.508 e. The zero-order chi connectivity index (χ0) is 18.4. The van der Waals surface area contributed by atoms with Crippen molar-refractivity contribution in [1.29, 1.82) is 0 Å². The summed E-state index contributed by atoms with van der Waals surface area (Å²) in [5.41, 5.74) is 4.27. The third-order valence-electron chi connectivity index (χ3n) is 4.67. The van der Waals surface area contributed by atoms with E-state index in [2.05, 4.69) is 31.3 Å². The number of aryl methyl sites for hydroxylation is 2. The van der Waals surface area contributed by atoms with Gasteiger partial charge in [-0.05, 0) is 55.6 Å². The number of amides is 1. The highest BCUT2D eigenvalue weighted by Crippen LogP contribution is 2.24. The second-order valence-corrected chi connectivity index (χ2v) is 6.39. The van der Waals surface area contributed by atoms with Gasteiger partial charge in [0, 0.05) is 11.7 Å². The molecule has 0 aliphatic rings. The summed E-state index contributed by atoms with van der Waals surface area (Å²) < 4.78 is 0. The van der Waals surface area contributed by atoms with Gasteiger partial charge >= 0.3 is 0 Å². The van der Waals surface area contributed by atoms with Crippen LogP contribution in [0.25, 0.3) is 0 Å². The highest BCUT2D eigenvalue weighted by atomic mass is 16.3. The summed E-state index contributed by atoms with van der Waals surface area (Å²) in [6.07, 6.45) is 1.78. The molecule has 0 unspecified atom stereocenters. The summed E-state index contributed by atoms with van der Waals surface area (Å²) in [5, 5.41) is 12.7. The van der Waals surface area contributed by atoms with Crippen molar-refractivity contribution in [2.24, 2.45) is 0 Å². The predicted molar refractivity (Wildman–Crippen MR) is 103 cm³/mol. The van der Waals surface area contributed by atoms with Crippen molar-refractivity contribution in [2.45, 2.75) is 39.7 Å². The van der Waals surface area contributed by atoms with Crippen LogP contribution in [0.3, 0.4) is 0 Å². The number of hydrogen-bond donors (Lipinski definition) is 2. The zero-order valence-electron chi connectivity index (χ0n) is 15.5. The fraction of sp³-hybridized carbons (Fsp3) is 0.381. The minimum absolute atomic E-state index is 0.0231. The lowest BCUT2D eigenvalue weighted by molar-refractivity contribution is -0.117. The highest BCUT2D eigenvalue weighted by molar-refractivity contribution is 5.93. The minimum Gasteiger partial charge on any atom is -0.508 e. The summed E-state index contributed by atoms with van der Waals surface area (Å²) in [6.45, 7) is 6.51. The van der Waals surface area contributed by atoms with Crippen LogP contribution >= 0.6 is 0 Å². The van der Waals surface area contributed by atoms with Crippen molar-refractivity contribution >= 4 is 11.6 Å². The van der Waals surface area contributed by atoms with E-state index in [0.717, 1.165) is 35.2 Å². The Kier molecular flexibility index (Phi) is 6.59. The molecular weight excluding hydrogens is 312 g/mol. The Hall–Kier alpha value is -2.33. The number of likely N-dealkylation sites (N-methyl/N-ethyl adjacent to an activating group) is 1. The topological polar surface area (TPSA) is 52.6 Å². The van der Waals surface area contributed by atoms with E-state index in [-0.39, 0.29) is 24.2 Å². The van der Waals surface area contributed by atoms with Crippen LogP contribution < -0.4 is 5.32 Å². The lowest BCUT2D eigenvalue weighted by Crippen LogP contribution is -2.32. The first-order valence-electron chi connectivity index (χ1n) is 8.86. The average molecular weight is 340 g/mol. The molecule has 25 heavy (non-hydrogen) atoms. The van der Waals surface area contributed by atoms with Gasteiger partial charge in [0.2, 0.25) is 5.91 Å². The summed E-state index contributed by atoms with van der Waals surface area (Å²) in [7, 11) is 1.92. The number of carbonyl (C=O) groups is 1. The Balaban J connectivity index is 2.07. The summed E-state index contributed by atoms with van der Waals surface area (Å²) >= 11 is 0. The SMILES string of the molecule is CCc1cccc(CC)c1NC(=O)CN(C)[C@@H](C)c1cccc(O)c1. The molecule has 4 nitrogen and oxygen atoms in total. The van der Waals surface area contributed by atoms with Crippen molar-refractivity contribution in [2.75, 3.05) is 18.9 Å². The van der Waals surface area contributed by atoms with Crippen LogP contribution in [0.5, 0.6) is 5.75 Å². The quantitative estimate of drug-likeness (QED) is 0.796. The second kappa shape index (κ2) is 8.67. The lowest BCUT2D eigenvalue weighted by Gasteiger charge is -2.25. The second-order valence-electron chi connectivity index (χ2n) is 6.39. The smallest absolute Gasteiger partial charge is 0.238 e. The molecule has 0 saturated carbocycles. The van der Waals surface area contributed by atoms with Crippen LogP contribution in [-0.4, -0.2) is 29.5 Å². The predicted octanol–water partition coefficient (Wildman–Crippen LogP) is 4.15. The van der Waals surface area contributed by atoms with E-state index < -0.39 is 0 Å². The standard InChI is InChI=1S/C21H28N2O2/c1-5-16-9-7-10-17(6-2)21(16)22-20(25)14-23(4)15(3)18-11-8-12-19(24)13-18/h7-13,15,24H,5-6,14H2,1-4H3,(H,22,25)/t15-/m0/s1. The number of carbonyl (C=O) groups excluding carboxylic acids is 1. The van der Waals surface area contributed by atoms with E-state index in [1.165, 1.54) is 0 Å². The van der Waals surface area contributed by atoms with Gasteiger partial charge in [0.05, 0.1) is 6.54 Å². The van der Waals surface area contributed by atoms with Gasteiger partial charge in [0.1, 0.15) is 5.75 Å². The summed E-state index contributed by atoms with van der Waals surface area (Å²) in [5.74, 6) is 0.219. The van der Waals surface area contributed by atoms with Crippen LogP contribution in [0.15, 0.2) is 42.5 Å². The van der Waals surface area contributed by atoms with Crippen LogP contribution in [0.2, 0.25) is 0 Å². The number of nitrogens with zero attached hydrogens (tertiary/aromatic N) is 1. The van der Waals surface area contributed by atoms with Gasteiger partial charge in [-0.3, -0.25) is 9.69 Å². The van der Waals surface area contributed by atoms with Gasteiger partial charge in [0.25, 0.3) is 0 Å². The van der Waals surface area contributed by atoms with Gasteiger partial charge in [-0.15, -0.1) is 0 Å². The number of rotatable bonds is 7. The maximum Gasteiger partial charge on any atom is 0.238 e. The van der Waals surface area contributed by atoms with E-state index in [9.17, 15) is 9.90 Å². The minimum atomic E-state index is -0.0231. The van der Waals surface area contributed by atoms with Gasteiger partial charge in [-0.2, -0.15) is 0 Å². The van der Waals surface area contributed by atoms with Crippen LogP contribution in [0.1, 0.15) is 43.5 Å². The summed E-state index contributed by atoms with van der Waals surface area (Å²) in [6, 6.07) is 13.4. The number of phenolic OH excluding ortho intramolecular Hbond substituents is 1. The molecule has 0 spiro atoms. The normalized spacial score (nSPS) is 12.2. The van der Waals surface area contributed by atoms with Crippen molar-refractivity contribution in [3.8, 4) is 5.75 Å². The molecule has 0 aliphatic carbocycles. The fourth-order valence-corrected chi connectivity index (χ4v) is 2.98.